The molecule has 0 aliphatic rings. The van der Waals surface area contributed by atoms with Crippen LogP contribution in [0.2, 0.25) is 0 Å². The summed E-state index contributed by atoms with van der Waals surface area (Å²) in [5, 5.41) is 5.63. The van der Waals surface area contributed by atoms with Crippen LogP contribution < -0.4 is 5.32 Å². The van der Waals surface area contributed by atoms with E-state index in [1.165, 1.54) is 12.1 Å². The number of hydrogen-bond donors (Lipinski definition) is 1. The molecule has 0 atom stereocenters. The van der Waals surface area contributed by atoms with Crippen molar-refractivity contribution in [3.05, 3.63) is 47.6 Å². The third kappa shape index (κ3) is 3.30. The van der Waals surface area contributed by atoms with Gasteiger partial charge in [-0.3, -0.25) is 4.79 Å². The number of nitrogens with one attached hydrogen (secondary N) is 1. The van der Waals surface area contributed by atoms with Crippen LogP contribution in [0.5, 0.6) is 0 Å². The maximum Gasteiger partial charge on any atom is 0.416 e. The molecule has 19 heavy (non-hydrogen) atoms. The molecule has 0 aliphatic carbocycles. The number of alkyl halides is 3. The molecule has 100 valence electrons. The van der Waals surface area contributed by atoms with Gasteiger partial charge in [-0.1, -0.05) is 17.3 Å². The molecule has 1 aromatic carbocycles. The van der Waals surface area contributed by atoms with Gasteiger partial charge in [0.1, 0.15) is 0 Å². The SMILES string of the molecule is O=C(NCc1cccc(C(F)(F)F)c1)c1ncno1. The molecule has 0 radical (unpaired) electrons. The van der Waals surface area contributed by atoms with Gasteiger partial charge in [0.25, 0.3) is 0 Å². The van der Waals surface area contributed by atoms with Crippen molar-refractivity contribution < 1.29 is 22.5 Å². The normalized spacial score (nSPS) is 11.3. The van der Waals surface area contributed by atoms with E-state index in [-0.39, 0.29) is 12.4 Å². The van der Waals surface area contributed by atoms with Gasteiger partial charge >= 0.3 is 18.0 Å². The first-order valence-electron chi connectivity index (χ1n) is 5.18. The van der Waals surface area contributed by atoms with Gasteiger partial charge in [0.05, 0.1) is 5.56 Å². The van der Waals surface area contributed by atoms with E-state index >= 15 is 0 Å². The molecule has 0 fully saturated rings. The number of aromatic nitrogens is 2. The molecule has 0 unspecified atom stereocenters. The first-order chi connectivity index (χ1) is 8.97. The van der Waals surface area contributed by atoms with Crippen molar-refractivity contribution in [2.45, 2.75) is 12.7 Å². The molecule has 1 aromatic heterocycles. The minimum atomic E-state index is -4.41. The second-order valence-electron chi connectivity index (χ2n) is 3.63. The molecule has 1 heterocycles. The summed E-state index contributed by atoms with van der Waals surface area (Å²) in [6.07, 6.45) is -3.36. The van der Waals surface area contributed by atoms with E-state index < -0.39 is 17.6 Å². The average molecular weight is 271 g/mol. The number of hydrogen-bond acceptors (Lipinski definition) is 4. The topological polar surface area (TPSA) is 68.0 Å². The Kier molecular flexibility index (Phi) is 3.50. The number of carbonyl (C=O) groups is 1. The lowest BCUT2D eigenvalue weighted by Gasteiger charge is -2.08. The number of halogens is 3. The van der Waals surface area contributed by atoms with Crippen LogP contribution in [0.25, 0.3) is 0 Å². The minimum absolute atomic E-state index is 0.0644. The second-order valence-corrected chi connectivity index (χ2v) is 3.63. The quantitative estimate of drug-likeness (QED) is 0.927. The molecule has 1 amide bonds. The van der Waals surface area contributed by atoms with E-state index in [1.807, 2.05) is 0 Å². The lowest BCUT2D eigenvalue weighted by molar-refractivity contribution is -0.137. The molecule has 5 nitrogen and oxygen atoms in total. The summed E-state index contributed by atoms with van der Waals surface area (Å²) in [5.74, 6) is -0.887. The van der Waals surface area contributed by atoms with Crippen LogP contribution in [0.3, 0.4) is 0 Å². The summed E-state index contributed by atoms with van der Waals surface area (Å²) in [5.41, 5.74) is -0.445. The molecule has 2 aromatic rings. The van der Waals surface area contributed by atoms with Gasteiger partial charge in [-0.05, 0) is 17.7 Å². The fourth-order valence-corrected chi connectivity index (χ4v) is 1.39. The summed E-state index contributed by atoms with van der Waals surface area (Å²) < 4.78 is 41.9. The third-order valence-electron chi connectivity index (χ3n) is 2.26. The highest BCUT2D eigenvalue weighted by Crippen LogP contribution is 2.29. The van der Waals surface area contributed by atoms with Crippen LogP contribution >= 0.6 is 0 Å². The van der Waals surface area contributed by atoms with E-state index in [0.29, 0.717) is 5.56 Å². The van der Waals surface area contributed by atoms with Crippen molar-refractivity contribution in [2.24, 2.45) is 0 Å². The van der Waals surface area contributed by atoms with Gasteiger partial charge in [0.2, 0.25) is 0 Å². The maximum absolute atomic E-state index is 12.5. The number of nitrogens with zero attached hydrogens (tertiary/aromatic N) is 2. The first-order valence-corrected chi connectivity index (χ1v) is 5.18. The summed E-state index contributed by atoms with van der Waals surface area (Å²) in [6.45, 7) is -0.0644. The zero-order valence-electron chi connectivity index (χ0n) is 9.44. The van der Waals surface area contributed by atoms with E-state index in [0.717, 1.165) is 18.5 Å². The smallest absolute Gasteiger partial charge is 0.344 e. The Bertz CT molecular complexity index is 567. The standard InChI is InChI=1S/C11H8F3N3O2/c12-11(13,14)8-3-1-2-7(4-8)5-15-9(18)10-16-6-17-19-10/h1-4,6H,5H2,(H,15,18). The Balaban J connectivity index is 2.02. The average Bonchev–Trinajstić information content (AvgIpc) is 2.89. The van der Waals surface area contributed by atoms with Crippen molar-refractivity contribution in [1.29, 1.82) is 0 Å². The molecule has 1 N–H and O–H groups in total. The molecule has 0 saturated carbocycles. The number of carbonyl (C=O) groups excluding carboxylic acids is 1. The van der Waals surface area contributed by atoms with Gasteiger partial charge in [-0.15, -0.1) is 0 Å². The summed E-state index contributed by atoms with van der Waals surface area (Å²) in [6, 6.07) is 4.68. The van der Waals surface area contributed by atoms with Crippen LogP contribution in [0.4, 0.5) is 13.2 Å². The van der Waals surface area contributed by atoms with Crippen LogP contribution in [0.1, 0.15) is 21.8 Å². The van der Waals surface area contributed by atoms with E-state index in [4.69, 9.17) is 0 Å². The number of amides is 1. The largest absolute Gasteiger partial charge is 0.416 e. The first kappa shape index (κ1) is 13.1. The molecule has 8 heteroatoms. The molecular weight excluding hydrogens is 263 g/mol. The molecule has 0 saturated heterocycles. The fraction of sp³-hybridized carbons (Fsp3) is 0.182. The van der Waals surface area contributed by atoms with Crippen LogP contribution in [0, 0.1) is 0 Å². The lowest BCUT2D eigenvalue weighted by Crippen LogP contribution is -2.23. The van der Waals surface area contributed by atoms with E-state index in [9.17, 15) is 18.0 Å². The van der Waals surface area contributed by atoms with Gasteiger partial charge in [0.15, 0.2) is 6.33 Å². The van der Waals surface area contributed by atoms with Crippen LogP contribution in [0.15, 0.2) is 35.1 Å². The van der Waals surface area contributed by atoms with Crippen molar-refractivity contribution in [1.82, 2.24) is 15.5 Å². The monoisotopic (exact) mass is 271 g/mol. The molecular formula is C11H8F3N3O2. The van der Waals surface area contributed by atoms with Crippen molar-refractivity contribution >= 4 is 5.91 Å². The lowest BCUT2D eigenvalue weighted by atomic mass is 10.1. The van der Waals surface area contributed by atoms with Gasteiger partial charge in [-0.2, -0.15) is 18.2 Å². The van der Waals surface area contributed by atoms with Crippen LogP contribution in [-0.2, 0) is 12.7 Å². The summed E-state index contributed by atoms with van der Waals surface area (Å²) in [7, 11) is 0. The minimum Gasteiger partial charge on any atom is -0.344 e. The fourth-order valence-electron chi connectivity index (χ4n) is 1.39. The Morgan fingerprint density at radius 1 is 1.37 bits per heavy atom. The van der Waals surface area contributed by atoms with Crippen molar-refractivity contribution in [2.75, 3.05) is 0 Å². The number of benzene rings is 1. The second kappa shape index (κ2) is 5.09. The Labute approximate surface area is 105 Å². The Morgan fingerprint density at radius 3 is 2.79 bits per heavy atom. The van der Waals surface area contributed by atoms with Gasteiger partial charge in [0, 0.05) is 6.54 Å². The third-order valence-corrected chi connectivity index (χ3v) is 2.26. The summed E-state index contributed by atoms with van der Waals surface area (Å²) in [4.78, 5) is 14.9. The maximum atomic E-state index is 12.5. The predicted molar refractivity (Wildman–Crippen MR) is 56.9 cm³/mol. The molecule has 2 rings (SSSR count). The predicted octanol–water partition coefficient (Wildman–Crippen LogP) is 2.02. The summed E-state index contributed by atoms with van der Waals surface area (Å²) >= 11 is 0. The van der Waals surface area contributed by atoms with Crippen molar-refractivity contribution in [3.8, 4) is 0 Å². The zero-order valence-corrected chi connectivity index (χ0v) is 9.44. The van der Waals surface area contributed by atoms with Crippen molar-refractivity contribution in [3.63, 3.8) is 0 Å². The van der Waals surface area contributed by atoms with Crippen LogP contribution in [-0.4, -0.2) is 16.0 Å². The molecule has 0 bridgehead atoms. The molecule has 0 aliphatic heterocycles. The van der Waals surface area contributed by atoms with Gasteiger partial charge in [-0.25, -0.2) is 0 Å². The van der Waals surface area contributed by atoms with E-state index in [2.05, 4.69) is 20.0 Å². The Hall–Kier alpha value is -2.38. The van der Waals surface area contributed by atoms with Gasteiger partial charge < -0.3 is 9.84 Å². The highest BCUT2D eigenvalue weighted by atomic mass is 19.4. The molecule has 0 spiro atoms. The number of rotatable bonds is 3. The highest BCUT2D eigenvalue weighted by molar-refractivity contribution is 5.89. The van der Waals surface area contributed by atoms with E-state index in [1.54, 1.807) is 0 Å². The highest BCUT2D eigenvalue weighted by Gasteiger charge is 2.30. The Morgan fingerprint density at radius 2 is 2.16 bits per heavy atom. The zero-order chi connectivity index (χ0) is 13.9.